The average Bonchev–Trinajstić information content (AvgIpc) is 3.16. The lowest BCUT2D eigenvalue weighted by Crippen LogP contribution is -2.30. The summed E-state index contributed by atoms with van der Waals surface area (Å²) in [5.74, 6) is -0.699. The van der Waals surface area contributed by atoms with E-state index in [4.69, 9.17) is 23.2 Å². The molecule has 8 heteroatoms. The van der Waals surface area contributed by atoms with Gasteiger partial charge in [0, 0.05) is 21.8 Å². The van der Waals surface area contributed by atoms with Gasteiger partial charge in [0.15, 0.2) is 4.47 Å². The summed E-state index contributed by atoms with van der Waals surface area (Å²) in [6, 6.07) is 10.2. The second kappa shape index (κ2) is 6.96. The van der Waals surface area contributed by atoms with Crippen LogP contribution in [0.25, 0.3) is 0 Å². The molecule has 0 atom stereocenters. The number of hydrogen-bond donors (Lipinski definition) is 1. The van der Waals surface area contributed by atoms with Gasteiger partial charge in [0.25, 0.3) is 11.8 Å². The van der Waals surface area contributed by atoms with E-state index in [-0.39, 0.29) is 11.8 Å². The van der Waals surface area contributed by atoms with Crippen LogP contribution in [-0.2, 0) is 6.54 Å². The van der Waals surface area contributed by atoms with Crippen LogP contribution < -0.4 is 10.2 Å². The lowest BCUT2D eigenvalue weighted by Gasteiger charge is -2.17. The second-order valence-electron chi connectivity index (χ2n) is 6.07. The normalized spacial score (nSPS) is 13.2. The summed E-state index contributed by atoms with van der Waals surface area (Å²) < 4.78 is 0.504. The van der Waals surface area contributed by atoms with Gasteiger partial charge in [-0.2, -0.15) is 0 Å². The lowest BCUT2D eigenvalue weighted by atomic mass is 10.1. The maximum Gasteiger partial charge on any atom is 0.266 e. The summed E-state index contributed by atoms with van der Waals surface area (Å²) in [4.78, 5) is 31.6. The van der Waals surface area contributed by atoms with E-state index in [0.29, 0.717) is 32.8 Å². The molecule has 0 saturated heterocycles. The molecule has 1 N–H and O–H groups in total. The topological polar surface area (TPSA) is 62.3 Å². The van der Waals surface area contributed by atoms with Crippen molar-refractivity contribution in [2.75, 3.05) is 10.2 Å². The number of benzene rings is 2. The standard InChI is InChI=1S/C19H13Cl2N3O2S/c1-10-6-12(22-8-13-9-23-19(21)27-13)3-5-16(10)24-17(25)14-4-2-11(20)7-15(14)18(24)26/h2-7,9,22H,8H2,1H3. The zero-order chi connectivity index (χ0) is 19.1. The zero-order valence-electron chi connectivity index (χ0n) is 14.1. The molecule has 1 aromatic heterocycles. The molecular weight excluding hydrogens is 405 g/mol. The Bertz CT molecular complexity index is 1080. The SMILES string of the molecule is Cc1cc(NCc2cnc(Cl)s2)ccc1N1C(=O)c2ccc(Cl)cc2C1=O. The number of hydrogen-bond acceptors (Lipinski definition) is 5. The van der Waals surface area contributed by atoms with E-state index in [1.54, 1.807) is 24.4 Å². The fourth-order valence-electron chi connectivity index (χ4n) is 3.00. The molecule has 0 bridgehead atoms. The van der Waals surface area contributed by atoms with Gasteiger partial charge in [0.05, 0.1) is 23.4 Å². The molecule has 1 aliphatic heterocycles. The molecule has 0 aliphatic carbocycles. The molecule has 0 saturated carbocycles. The number of anilines is 2. The van der Waals surface area contributed by atoms with Crippen LogP contribution in [0.15, 0.2) is 42.6 Å². The molecule has 136 valence electrons. The maximum atomic E-state index is 12.7. The zero-order valence-corrected chi connectivity index (χ0v) is 16.5. The predicted molar refractivity (Wildman–Crippen MR) is 108 cm³/mol. The van der Waals surface area contributed by atoms with Crippen LogP contribution in [0.2, 0.25) is 9.49 Å². The average molecular weight is 418 g/mol. The Balaban J connectivity index is 1.58. The number of nitrogens with one attached hydrogen (secondary N) is 1. The van der Waals surface area contributed by atoms with Crippen LogP contribution in [0.3, 0.4) is 0 Å². The highest BCUT2D eigenvalue weighted by Crippen LogP contribution is 2.33. The van der Waals surface area contributed by atoms with Crippen LogP contribution in [0, 0.1) is 6.92 Å². The first-order valence-electron chi connectivity index (χ1n) is 8.07. The number of aromatic nitrogens is 1. The van der Waals surface area contributed by atoms with Crippen LogP contribution in [0.5, 0.6) is 0 Å². The van der Waals surface area contributed by atoms with Gasteiger partial charge in [-0.25, -0.2) is 9.88 Å². The van der Waals surface area contributed by atoms with Crippen LogP contribution in [0.1, 0.15) is 31.2 Å². The molecule has 0 radical (unpaired) electrons. The molecule has 0 unspecified atom stereocenters. The predicted octanol–water partition coefficient (Wildman–Crippen LogP) is 5.17. The monoisotopic (exact) mass is 417 g/mol. The van der Waals surface area contributed by atoms with Gasteiger partial charge in [-0.05, 0) is 48.9 Å². The number of amides is 2. The van der Waals surface area contributed by atoms with Gasteiger partial charge in [0.1, 0.15) is 0 Å². The summed E-state index contributed by atoms with van der Waals surface area (Å²) in [6.07, 6.45) is 1.73. The van der Waals surface area contributed by atoms with Gasteiger partial charge in [-0.3, -0.25) is 9.59 Å². The summed E-state index contributed by atoms with van der Waals surface area (Å²) in [7, 11) is 0. The molecule has 2 amide bonds. The van der Waals surface area contributed by atoms with Gasteiger partial charge in [-0.15, -0.1) is 11.3 Å². The third-order valence-electron chi connectivity index (χ3n) is 4.28. The quantitative estimate of drug-likeness (QED) is 0.594. The number of halogens is 2. The molecule has 5 nitrogen and oxygen atoms in total. The number of thiazole rings is 1. The number of rotatable bonds is 4. The van der Waals surface area contributed by atoms with Crippen molar-refractivity contribution in [1.29, 1.82) is 0 Å². The maximum absolute atomic E-state index is 12.7. The Labute approximate surface area is 169 Å². The van der Waals surface area contributed by atoms with Crippen molar-refractivity contribution in [2.24, 2.45) is 0 Å². The van der Waals surface area contributed by atoms with Crippen LogP contribution in [-0.4, -0.2) is 16.8 Å². The first kappa shape index (κ1) is 18.0. The van der Waals surface area contributed by atoms with Crippen molar-refractivity contribution < 1.29 is 9.59 Å². The van der Waals surface area contributed by atoms with E-state index in [0.717, 1.165) is 16.1 Å². The van der Waals surface area contributed by atoms with Gasteiger partial charge < -0.3 is 5.32 Å². The minimum atomic E-state index is -0.361. The summed E-state index contributed by atoms with van der Waals surface area (Å²) in [5.41, 5.74) is 2.94. The minimum absolute atomic E-state index is 0.330. The van der Waals surface area contributed by atoms with E-state index in [9.17, 15) is 9.59 Å². The molecule has 3 aromatic rings. The third-order valence-corrected chi connectivity index (χ3v) is 5.63. The molecule has 0 spiro atoms. The molecular formula is C19H13Cl2N3O2S. The Hall–Kier alpha value is -2.41. The fraction of sp³-hybridized carbons (Fsp3) is 0.105. The Morgan fingerprint density at radius 1 is 1.07 bits per heavy atom. The molecule has 1 aliphatic rings. The van der Waals surface area contributed by atoms with Crippen molar-refractivity contribution in [3.8, 4) is 0 Å². The van der Waals surface area contributed by atoms with Crippen molar-refractivity contribution in [3.63, 3.8) is 0 Å². The van der Waals surface area contributed by atoms with Crippen molar-refractivity contribution >= 4 is 57.7 Å². The highest BCUT2D eigenvalue weighted by molar-refractivity contribution is 7.15. The van der Waals surface area contributed by atoms with Gasteiger partial charge in [0.2, 0.25) is 0 Å². The summed E-state index contributed by atoms with van der Waals surface area (Å²) in [6.45, 7) is 2.45. The third kappa shape index (κ3) is 3.32. The van der Waals surface area contributed by atoms with E-state index in [1.807, 2.05) is 19.1 Å². The van der Waals surface area contributed by atoms with Crippen LogP contribution in [0.4, 0.5) is 11.4 Å². The van der Waals surface area contributed by atoms with E-state index in [2.05, 4.69) is 10.3 Å². The first-order chi connectivity index (χ1) is 12.9. The summed E-state index contributed by atoms with van der Waals surface area (Å²) in [5, 5.41) is 3.71. The van der Waals surface area contributed by atoms with E-state index in [1.165, 1.54) is 22.3 Å². The Morgan fingerprint density at radius 2 is 1.85 bits per heavy atom. The Kier molecular flexibility index (Phi) is 4.63. The number of imide groups is 1. The van der Waals surface area contributed by atoms with Crippen molar-refractivity contribution in [2.45, 2.75) is 13.5 Å². The van der Waals surface area contributed by atoms with Gasteiger partial charge in [-0.1, -0.05) is 23.2 Å². The largest absolute Gasteiger partial charge is 0.380 e. The van der Waals surface area contributed by atoms with Crippen molar-refractivity contribution in [1.82, 2.24) is 4.98 Å². The highest BCUT2D eigenvalue weighted by Gasteiger charge is 2.37. The molecule has 27 heavy (non-hydrogen) atoms. The van der Waals surface area contributed by atoms with Gasteiger partial charge >= 0.3 is 0 Å². The number of aryl methyl sites for hydroxylation is 1. The second-order valence-corrected chi connectivity index (χ2v) is 8.20. The van der Waals surface area contributed by atoms with Crippen LogP contribution >= 0.6 is 34.5 Å². The molecule has 2 heterocycles. The number of carbonyl (C=O) groups excluding carboxylic acids is 2. The Morgan fingerprint density at radius 3 is 2.56 bits per heavy atom. The van der Waals surface area contributed by atoms with Crippen molar-refractivity contribution in [3.05, 3.63) is 73.7 Å². The fourth-order valence-corrected chi connectivity index (χ4v) is 4.09. The number of fused-ring (bicyclic) bond motifs is 1. The minimum Gasteiger partial charge on any atom is -0.380 e. The smallest absolute Gasteiger partial charge is 0.266 e. The molecule has 4 rings (SSSR count). The first-order valence-corrected chi connectivity index (χ1v) is 9.64. The molecule has 0 fully saturated rings. The lowest BCUT2D eigenvalue weighted by molar-refractivity contribution is 0.0926. The number of nitrogens with zero attached hydrogens (tertiary/aromatic N) is 2. The number of carbonyl (C=O) groups is 2. The van der Waals surface area contributed by atoms with E-state index < -0.39 is 0 Å². The summed E-state index contributed by atoms with van der Waals surface area (Å²) >= 11 is 13.2. The van der Waals surface area contributed by atoms with E-state index >= 15 is 0 Å². The molecule has 2 aromatic carbocycles. The highest BCUT2D eigenvalue weighted by atomic mass is 35.5.